The van der Waals surface area contributed by atoms with Crippen molar-refractivity contribution in [2.45, 2.75) is 82.3 Å². The first-order valence-corrected chi connectivity index (χ1v) is 22.0. The van der Waals surface area contributed by atoms with Gasteiger partial charge in [-0.3, -0.25) is 9.36 Å². The molecule has 1 aliphatic heterocycles. The minimum Gasteiger partial charge on any atom is -0.497 e. The molecule has 0 saturated carbocycles. The lowest BCUT2D eigenvalue weighted by atomic mass is 9.80. The number of benzene rings is 4. The Labute approximate surface area is 375 Å². The Morgan fingerprint density at radius 3 is 2.00 bits per heavy atom. The van der Waals surface area contributed by atoms with Crippen molar-refractivity contribution >= 4 is 20.3 Å². The molecule has 0 spiro atoms. The maximum absolute atomic E-state index is 18.6. The van der Waals surface area contributed by atoms with Gasteiger partial charge in [-0.1, -0.05) is 72.8 Å². The molecule has 1 unspecified atom stereocenters. The maximum atomic E-state index is 18.6. The quantitative estimate of drug-likeness (QED) is 0.0346. The van der Waals surface area contributed by atoms with Crippen molar-refractivity contribution in [3.05, 3.63) is 154 Å². The number of terminal acetylenes is 1. The minimum absolute atomic E-state index is 0.0103. The molecule has 1 saturated heterocycles. The Hall–Kier alpha value is -5.96. The molecule has 13 nitrogen and oxygen atoms in total. The molecule has 1 aromatic heterocycles. The first-order chi connectivity index (χ1) is 30.9. The highest BCUT2D eigenvalue weighted by Gasteiger charge is 2.61. The molecule has 1 amide bonds. The molecule has 0 aliphatic carbocycles. The fraction of sp³-hybridized carbons (Fsp3) is 0.347. The van der Waals surface area contributed by atoms with E-state index in [4.69, 9.17) is 34.4 Å². The van der Waals surface area contributed by atoms with Crippen LogP contribution < -0.4 is 20.5 Å². The highest BCUT2D eigenvalue weighted by molar-refractivity contribution is 7.44. The Bertz CT molecular complexity index is 2390. The van der Waals surface area contributed by atoms with Gasteiger partial charge in [-0.05, 0) is 86.8 Å². The summed E-state index contributed by atoms with van der Waals surface area (Å²) in [5.74, 6) is 3.18. The number of halogens is 1. The van der Waals surface area contributed by atoms with Crippen LogP contribution in [0.1, 0.15) is 73.8 Å². The van der Waals surface area contributed by atoms with Gasteiger partial charge in [0.25, 0.3) is 14.4 Å². The van der Waals surface area contributed by atoms with E-state index in [1.807, 2.05) is 111 Å². The van der Waals surface area contributed by atoms with Gasteiger partial charge in [0.1, 0.15) is 35.1 Å². The number of carbonyl (C=O) groups is 1. The highest BCUT2D eigenvalue weighted by Crippen LogP contribution is 2.55. The predicted octanol–water partition coefficient (Wildman–Crippen LogP) is 8.81. The van der Waals surface area contributed by atoms with Crippen LogP contribution in [-0.2, 0) is 24.1 Å². The van der Waals surface area contributed by atoms with Gasteiger partial charge >= 0.3 is 5.69 Å². The summed E-state index contributed by atoms with van der Waals surface area (Å²) in [6.45, 7) is 7.57. The summed E-state index contributed by atoms with van der Waals surface area (Å²) in [4.78, 5) is 31.0. The Morgan fingerprint density at radius 2 is 1.48 bits per heavy atom. The van der Waals surface area contributed by atoms with Crippen LogP contribution in [0.5, 0.6) is 11.5 Å². The van der Waals surface area contributed by atoms with Gasteiger partial charge in [0, 0.05) is 23.8 Å². The first kappa shape index (κ1) is 47.5. The second-order valence-corrected chi connectivity index (χ2v) is 17.0. The predicted molar refractivity (Wildman–Crippen MR) is 242 cm³/mol. The van der Waals surface area contributed by atoms with E-state index < -0.39 is 56.2 Å². The van der Waals surface area contributed by atoms with Crippen molar-refractivity contribution in [3.8, 4) is 29.9 Å². The van der Waals surface area contributed by atoms with Gasteiger partial charge in [0.15, 0.2) is 11.9 Å². The SMILES string of the molecule is C#CC[C@@]1(F)[C@H](OP(OCCC#N)N(C(C)C)C(C)C)[C@@H](COC(c2ccccc2)(c2ccc(OC)cc2)c2ccc(OC)cc2)O[C@H]1n1ccc(NC(=O)c2ccccc2)nc1=O. The largest absolute Gasteiger partial charge is 0.497 e. The summed E-state index contributed by atoms with van der Waals surface area (Å²) in [6, 6.07) is 36.1. The Kier molecular flexibility index (Phi) is 16.0. The third-order valence-electron chi connectivity index (χ3n) is 10.8. The summed E-state index contributed by atoms with van der Waals surface area (Å²) >= 11 is 0. The van der Waals surface area contributed by atoms with Gasteiger partial charge in [-0.2, -0.15) is 10.2 Å². The zero-order valence-corrected chi connectivity index (χ0v) is 37.6. The fourth-order valence-electron chi connectivity index (χ4n) is 7.83. The van der Waals surface area contributed by atoms with Gasteiger partial charge in [0.05, 0.1) is 46.3 Å². The number of amides is 1. The van der Waals surface area contributed by atoms with E-state index >= 15 is 4.39 Å². The molecule has 64 heavy (non-hydrogen) atoms. The molecule has 5 aromatic rings. The standard InChI is InChI=1S/C49H53FN5O8P/c1-8-29-48(50)44(63-64(61-32-15-30-51)55(34(2)3)35(4)5)42(62-46(48)54-31-28-43(53-47(54)57)52-45(56)36-16-11-9-12-17-36)33-60-49(37-18-13-10-14-19-37,38-20-24-40(58-6)25-21-38)39-22-26-41(59-7)27-23-39/h1,9-14,16-28,31,34-35,42,44,46H,15,29,32-33H2,2-7H3,(H,52,53,56,57)/t42-,44-,46-,48-,64?/m1/s1. The van der Waals surface area contributed by atoms with E-state index in [2.05, 4.69) is 22.3 Å². The van der Waals surface area contributed by atoms with Crippen molar-refractivity contribution < 1.29 is 37.2 Å². The number of rotatable bonds is 20. The lowest BCUT2D eigenvalue weighted by molar-refractivity contribution is -0.0965. The molecule has 6 rings (SSSR count). The van der Waals surface area contributed by atoms with Gasteiger partial charge in [-0.25, -0.2) is 13.9 Å². The van der Waals surface area contributed by atoms with E-state index in [1.54, 1.807) is 44.6 Å². The van der Waals surface area contributed by atoms with Gasteiger partial charge in [-0.15, -0.1) is 12.3 Å². The van der Waals surface area contributed by atoms with Crippen molar-refractivity contribution in [1.82, 2.24) is 14.2 Å². The summed E-state index contributed by atoms with van der Waals surface area (Å²) in [7, 11) is 1.09. The third-order valence-corrected chi connectivity index (χ3v) is 12.9. The summed E-state index contributed by atoms with van der Waals surface area (Å²) in [5, 5.41) is 12.1. The number of alkyl halides is 1. The number of hydrogen-bond acceptors (Lipinski definition) is 11. The van der Waals surface area contributed by atoms with Gasteiger partial charge < -0.3 is 33.3 Å². The molecule has 15 heteroatoms. The number of carbonyl (C=O) groups excluding carboxylic acids is 1. The van der Waals surface area contributed by atoms with Crippen LogP contribution in [0.25, 0.3) is 0 Å². The summed E-state index contributed by atoms with van der Waals surface area (Å²) in [6.07, 6.45) is 2.32. The molecule has 0 bridgehead atoms. The zero-order chi connectivity index (χ0) is 45.9. The number of ether oxygens (including phenoxy) is 4. The van der Waals surface area contributed by atoms with Crippen LogP contribution in [0.4, 0.5) is 10.2 Å². The van der Waals surface area contributed by atoms with E-state index in [1.165, 1.54) is 12.3 Å². The Balaban J connectivity index is 1.49. The average molecular weight is 890 g/mol. The lowest BCUT2D eigenvalue weighted by Crippen LogP contribution is -2.48. The molecular weight excluding hydrogens is 837 g/mol. The van der Waals surface area contributed by atoms with Crippen molar-refractivity contribution in [2.75, 3.05) is 32.8 Å². The molecule has 0 radical (unpaired) electrons. The molecule has 5 atom stereocenters. The zero-order valence-electron chi connectivity index (χ0n) is 36.7. The maximum Gasteiger partial charge on any atom is 0.351 e. The normalized spacial score (nSPS) is 19.0. The number of nitriles is 1. The number of nitrogens with zero attached hydrogens (tertiary/aromatic N) is 4. The van der Waals surface area contributed by atoms with Crippen LogP contribution in [-0.4, -0.2) is 77.5 Å². The molecule has 4 aromatic carbocycles. The number of nitrogens with one attached hydrogen (secondary N) is 1. The lowest BCUT2D eigenvalue weighted by Gasteiger charge is -2.40. The number of anilines is 1. The number of aromatic nitrogens is 2. The Morgan fingerprint density at radius 1 is 0.922 bits per heavy atom. The van der Waals surface area contributed by atoms with Crippen LogP contribution >= 0.6 is 8.53 Å². The smallest absolute Gasteiger partial charge is 0.351 e. The summed E-state index contributed by atoms with van der Waals surface area (Å²) in [5.41, 5.74) is -2.31. The van der Waals surface area contributed by atoms with Crippen molar-refractivity contribution in [2.24, 2.45) is 0 Å². The van der Waals surface area contributed by atoms with Gasteiger partial charge in [0.2, 0.25) is 0 Å². The van der Waals surface area contributed by atoms with E-state index in [0.29, 0.717) is 28.2 Å². The van der Waals surface area contributed by atoms with E-state index in [0.717, 1.165) is 10.1 Å². The van der Waals surface area contributed by atoms with E-state index in [-0.39, 0.29) is 37.5 Å². The van der Waals surface area contributed by atoms with Crippen LogP contribution in [0.3, 0.4) is 0 Å². The van der Waals surface area contributed by atoms with Crippen LogP contribution in [0.15, 0.2) is 126 Å². The molecule has 1 aliphatic rings. The van der Waals surface area contributed by atoms with Crippen molar-refractivity contribution in [3.63, 3.8) is 0 Å². The number of methoxy groups -OCH3 is 2. The van der Waals surface area contributed by atoms with Crippen molar-refractivity contribution in [1.29, 1.82) is 5.26 Å². The fourth-order valence-corrected chi connectivity index (χ4v) is 9.64. The summed E-state index contributed by atoms with van der Waals surface area (Å²) < 4.78 is 59.6. The molecule has 1 fully saturated rings. The number of hydrogen-bond donors (Lipinski definition) is 1. The molecule has 334 valence electrons. The second-order valence-electron chi connectivity index (χ2n) is 15.5. The first-order valence-electron chi connectivity index (χ1n) is 20.9. The minimum atomic E-state index is -2.59. The molecular formula is C49H53FN5O8P. The highest BCUT2D eigenvalue weighted by atomic mass is 31.2. The van der Waals surface area contributed by atoms with Crippen LogP contribution in [0, 0.1) is 23.7 Å². The third kappa shape index (κ3) is 10.4. The topological polar surface area (TPSA) is 146 Å². The molecule has 1 N–H and O–H groups in total. The van der Waals surface area contributed by atoms with E-state index in [9.17, 15) is 14.9 Å². The average Bonchev–Trinajstić information content (AvgIpc) is 3.56. The second kappa shape index (κ2) is 21.6. The van der Waals surface area contributed by atoms with Crippen LogP contribution in [0.2, 0.25) is 0 Å². The monoisotopic (exact) mass is 889 g/mol. The molecule has 2 heterocycles.